The topological polar surface area (TPSA) is 45.2 Å². The first kappa shape index (κ1) is 16.7. The Morgan fingerprint density at radius 3 is 2.81 bits per heavy atom. The third kappa shape index (κ3) is 3.33. The van der Waals surface area contributed by atoms with E-state index in [9.17, 15) is 4.79 Å². The molecule has 1 aliphatic heterocycles. The molecule has 0 spiro atoms. The summed E-state index contributed by atoms with van der Waals surface area (Å²) in [6.07, 6.45) is 2.56. The molecule has 1 unspecified atom stereocenters. The molecule has 0 aliphatic carbocycles. The molecule has 0 bridgehead atoms. The lowest BCUT2D eigenvalue weighted by molar-refractivity contribution is -0.129. The van der Waals surface area contributed by atoms with Gasteiger partial charge >= 0.3 is 0 Å². The van der Waals surface area contributed by atoms with Gasteiger partial charge in [0.1, 0.15) is 0 Å². The Bertz CT molecular complexity index is 923. The summed E-state index contributed by atoms with van der Waals surface area (Å²) in [6.45, 7) is 4.46. The number of amides is 1. The van der Waals surface area contributed by atoms with Gasteiger partial charge in [-0.2, -0.15) is 0 Å². The number of carbonyl (C=O) groups excluding carboxylic acids is 1. The maximum Gasteiger partial charge on any atom is 0.237 e. The van der Waals surface area contributed by atoms with Crippen LogP contribution in [0.25, 0.3) is 10.9 Å². The fraction of sp³-hybridized carbons (Fsp3) is 0.273. The van der Waals surface area contributed by atoms with Gasteiger partial charge in [-0.3, -0.25) is 14.7 Å². The first-order valence-corrected chi connectivity index (χ1v) is 9.11. The van der Waals surface area contributed by atoms with Gasteiger partial charge in [0.05, 0.1) is 11.6 Å². The van der Waals surface area contributed by atoms with Crippen molar-refractivity contribution in [2.24, 2.45) is 0 Å². The zero-order valence-corrected chi connectivity index (χ0v) is 15.0. The summed E-state index contributed by atoms with van der Waals surface area (Å²) < 4.78 is 0. The summed E-state index contributed by atoms with van der Waals surface area (Å²) >= 11 is 0. The first-order chi connectivity index (χ1) is 12.7. The highest BCUT2D eigenvalue weighted by molar-refractivity contribution is 5.84. The largest absolute Gasteiger partial charge is 0.353 e. The molecule has 2 heterocycles. The molecule has 1 fully saturated rings. The van der Waals surface area contributed by atoms with Gasteiger partial charge in [-0.15, -0.1) is 0 Å². The second-order valence-electron chi connectivity index (χ2n) is 6.90. The van der Waals surface area contributed by atoms with Crippen LogP contribution in [0.4, 0.5) is 0 Å². The van der Waals surface area contributed by atoms with Gasteiger partial charge in [0.2, 0.25) is 5.91 Å². The molecule has 132 valence electrons. The summed E-state index contributed by atoms with van der Waals surface area (Å²) in [7, 11) is 0. The third-order valence-corrected chi connectivity index (χ3v) is 5.21. The maximum absolute atomic E-state index is 12.6. The van der Waals surface area contributed by atoms with Crippen LogP contribution in [-0.4, -0.2) is 34.9 Å². The van der Waals surface area contributed by atoms with Crippen LogP contribution in [0.5, 0.6) is 0 Å². The van der Waals surface area contributed by atoms with E-state index in [1.807, 2.05) is 30.5 Å². The predicted molar refractivity (Wildman–Crippen MR) is 104 cm³/mol. The van der Waals surface area contributed by atoms with Crippen LogP contribution in [0.1, 0.15) is 16.7 Å². The summed E-state index contributed by atoms with van der Waals surface area (Å²) in [4.78, 5) is 19.4. The van der Waals surface area contributed by atoms with E-state index in [0.717, 1.165) is 25.0 Å². The summed E-state index contributed by atoms with van der Waals surface area (Å²) in [5.74, 6) is 0.121. The third-order valence-electron chi connectivity index (χ3n) is 5.21. The van der Waals surface area contributed by atoms with Crippen molar-refractivity contribution in [1.82, 2.24) is 15.2 Å². The molecule has 0 saturated carbocycles. The van der Waals surface area contributed by atoms with Gasteiger partial charge in [-0.25, -0.2) is 0 Å². The molecule has 4 nitrogen and oxygen atoms in total. The SMILES string of the molecule is Cc1ccc2ncccc2c1CN1CCNC(=O)C1Cc1ccccc1. The lowest BCUT2D eigenvalue weighted by Gasteiger charge is -2.35. The van der Waals surface area contributed by atoms with Crippen LogP contribution in [0.3, 0.4) is 0 Å². The van der Waals surface area contributed by atoms with E-state index in [4.69, 9.17) is 0 Å². The van der Waals surface area contributed by atoms with Crippen LogP contribution < -0.4 is 5.32 Å². The molecule has 4 heteroatoms. The van der Waals surface area contributed by atoms with Crippen molar-refractivity contribution >= 4 is 16.8 Å². The number of benzene rings is 2. The van der Waals surface area contributed by atoms with Crippen molar-refractivity contribution in [3.05, 3.63) is 77.5 Å². The number of rotatable bonds is 4. The average molecular weight is 345 g/mol. The van der Waals surface area contributed by atoms with Crippen LogP contribution in [0.2, 0.25) is 0 Å². The zero-order valence-electron chi connectivity index (χ0n) is 15.0. The van der Waals surface area contributed by atoms with Crippen molar-refractivity contribution in [2.75, 3.05) is 13.1 Å². The predicted octanol–water partition coefficient (Wildman–Crippen LogP) is 3.09. The molecule has 3 aromatic rings. The van der Waals surface area contributed by atoms with Crippen molar-refractivity contribution in [3.8, 4) is 0 Å². The van der Waals surface area contributed by atoms with Gasteiger partial charge in [-0.1, -0.05) is 42.5 Å². The van der Waals surface area contributed by atoms with E-state index < -0.39 is 0 Å². The van der Waals surface area contributed by atoms with Crippen LogP contribution in [-0.2, 0) is 17.8 Å². The number of fused-ring (bicyclic) bond motifs is 1. The molecule has 1 atom stereocenters. The molecule has 0 radical (unpaired) electrons. The Morgan fingerprint density at radius 2 is 1.96 bits per heavy atom. The normalized spacial score (nSPS) is 18.0. The van der Waals surface area contributed by atoms with E-state index in [-0.39, 0.29) is 11.9 Å². The molecule has 1 N–H and O–H groups in total. The molecular weight excluding hydrogens is 322 g/mol. The van der Waals surface area contributed by atoms with Crippen LogP contribution in [0, 0.1) is 6.92 Å². The smallest absolute Gasteiger partial charge is 0.237 e. The van der Waals surface area contributed by atoms with Crippen molar-refractivity contribution < 1.29 is 4.79 Å². The Balaban J connectivity index is 1.65. The van der Waals surface area contributed by atoms with Gasteiger partial charge in [0, 0.05) is 31.2 Å². The monoisotopic (exact) mass is 345 g/mol. The highest BCUT2D eigenvalue weighted by Crippen LogP contribution is 2.24. The first-order valence-electron chi connectivity index (χ1n) is 9.11. The lowest BCUT2D eigenvalue weighted by atomic mass is 9.98. The number of piperazine rings is 1. The van der Waals surface area contributed by atoms with Crippen molar-refractivity contribution in [2.45, 2.75) is 25.9 Å². The lowest BCUT2D eigenvalue weighted by Crippen LogP contribution is -2.55. The van der Waals surface area contributed by atoms with Gasteiger partial charge in [0.15, 0.2) is 0 Å². The quantitative estimate of drug-likeness (QED) is 0.790. The Morgan fingerprint density at radius 1 is 1.12 bits per heavy atom. The molecule has 26 heavy (non-hydrogen) atoms. The Labute approximate surface area is 153 Å². The minimum atomic E-state index is -0.141. The average Bonchev–Trinajstić information content (AvgIpc) is 2.67. The summed E-state index contributed by atoms with van der Waals surface area (Å²) in [6, 6.07) is 18.4. The highest BCUT2D eigenvalue weighted by atomic mass is 16.2. The summed E-state index contributed by atoms with van der Waals surface area (Å²) in [5.41, 5.74) is 4.71. The van der Waals surface area contributed by atoms with Crippen molar-refractivity contribution in [1.29, 1.82) is 0 Å². The standard InChI is InChI=1S/C22H23N3O/c1-16-9-10-20-18(8-5-11-23-20)19(16)15-25-13-12-24-22(26)21(25)14-17-6-3-2-4-7-17/h2-11,21H,12-15H2,1H3,(H,24,26). The van der Waals surface area contributed by atoms with E-state index in [0.29, 0.717) is 6.54 Å². The van der Waals surface area contributed by atoms with E-state index >= 15 is 0 Å². The number of carbonyl (C=O) groups is 1. The number of aryl methyl sites for hydroxylation is 1. The Kier molecular flexibility index (Phi) is 4.67. The number of nitrogens with zero attached hydrogens (tertiary/aromatic N) is 2. The van der Waals surface area contributed by atoms with E-state index in [2.05, 4.69) is 52.5 Å². The maximum atomic E-state index is 12.6. The van der Waals surface area contributed by atoms with Gasteiger partial charge in [0.25, 0.3) is 0 Å². The number of hydrogen-bond acceptors (Lipinski definition) is 3. The molecule has 1 amide bonds. The number of hydrogen-bond donors (Lipinski definition) is 1. The Hall–Kier alpha value is -2.72. The van der Waals surface area contributed by atoms with Crippen LogP contribution >= 0.6 is 0 Å². The number of aromatic nitrogens is 1. The summed E-state index contributed by atoms with van der Waals surface area (Å²) in [5, 5.41) is 4.20. The van der Waals surface area contributed by atoms with Gasteiger partial charge in [-0.05, 0) is 42.2 Å². The molecule has 1 aromatic heterocycles. The van der Waals surface area contributed by atoms with E-state index in [1.165, 1.54) is 22.1 Å². The van der Waals surface area contributed by atoms with Crippen LogP contribution in [0.15, 0.2) is 60.8 Å². The fourth-order valence-corrected chi connectivity index (χ4v) is 3.75. The fourth-order valence-electron chi connectivity index (χ4n) is 3.75. The van der Waals surface area contributed by atoms with Gasteiger partial charge < -0.3 is 5.32 Å². The highest BCUT2D eigenvalue weighted by Gasteiger charge is 2.30. The number of pyridine rings is 1. The molecule has 2 aromatic carbocycles. The second kappa shape index (κ2) is 7.26. The van der Waals surface area contributed by atoms with E-state index in [1.54, 1.807) is 0 Å². The molecular formula is C22H23N3O. The van der Waals surface area contributed by atoms with Crippen molar-refractivity contribution in [3.63, 3.8) is 0 Å². The molecule has 1 aliphatic rings. The second-order valence-corrected chi connectivity index (χ2v) is 6.90. The molecule has 1 saturated heterocycles. The minimum absolute atomic E-state index is 0.121. The minimum Gasteiger partial charge on any atom is -0.353 e. The number of nitrogens with one attached hydrogen (secondary N) is 1. The molecule has 4 rings (SSSR count). The zero-order chi connectivity index (χ0) is 17.9.